The van der Waals surface area contributed by atoms with Crippen molar-refractivity contribution in [3.8, 4) is 0 Å². The lowest BCUT2D eigenvalue weighted by atomic mass is 10.0. The summed E-state index contributed by atoms with van der Waals surface area (Å²) in [4.78, 5) is 26.6. The number of likely N-dealkylation sites (tertiary alicyclic amines) is 1. The van der Waals surface area contributed by atoms with E-state index in [4.69, 9.17) is 0 Å². The Morgan fingerprint density at radius 2 is 1.84 bits per heavy atom. The first kappa shape index (κ1) is 16.6. The highest BCUT2D eigenvalue weighted by atomic mass is 16.2. The number of rotatable bonds is 6. The third-order valence-corrected chi connectivity index (χ3v) is 5.76. The van der Waals surface area contributed by atoms with Crippen molar-refractivity contribution in [2.75, 3.05) is 19.6 Å². The molecule has 4 rings (SSSR count). The zero-order valence-corrected chi connectivity index (χ0v) is 14.7. The maximum absolute atomic E-state index is 12.2. The van der Waals surface area contributed by atoms with E-state index >= 15 is 0 Å². The molecular formula is C20H27N3O2. The quantitative estimate of drug-likeness (QED) is 0.831. The fourth-order valence-electron chi connectivity index (χ4n) is 4.24. The molecule has 0 spiro atoms. The minimum absolute atomic E-state index is 0.0146. The van der Waals surface area contributed by atoms with E-state index in [1.54, 1.807) is 0 Å². The van der Waals surface area contributed by atoms with Crippen LogP contribution >= 0.6 is 0 Å². The second-order valence-corrected chi connectivity index (χ2v) is 7.87. The summed E-state index contributed by atoms with van der Waals surface area (Å²) < 4.78 is 0. The average Bonchev–Trinajstić information content (AvgIpc) is 3.17. The van der Waals surface area contributed by atoms with E-state index in [1.807, 2.05) is 24.3 Å². The van der Waals surface area contributed by atoms with Gasteiger partial charge in [0.1, 0.15) is 0 Å². The van der Waals surface area contributed by atoms with Gasteiger partial charge < -0.3 is 10.6 Å². The molecule has 0 bridgehead atoms. The summed E-state index contributed by atoms with van der Waals surface area (Å²) in [6, 6.07) is 7.89. The van der Waals surface area contributed by atoms with Crippen LogP contribution < -0.4 is 10.6 Å². The van der Waals surface area contributed by atoms with Crippen molar-refractivity contribution in [3.63, 3.8) is 0 Å². The summed E-state index contributed by atoms with van der Waals surface area (Å²) in [5.41, 5.74) is 1.64. The number of carbonyl (C=O) groups excluding carboxylic acids is 2. The molecule has 1 aromatic rings. The Morgan fingerprint density at radius 3 is 2.56 bits per heavy atom. The highest BCUT2D eigenvalue weighted by Gasteiger charge is 2.36. The van der Waals surface area contributed by atoms with Crippen molar-refractivity contribution in [1.29, 1.82) is 0 Å². The van der Waals surface area contributed by atoms with Gasteiger partial charge in [0.05, 0.1) is 6.54 Å². The molecule has 0 aromatic heterocycles. The van der Waals surface area contributed by atoms with Crippen LogP contribution in [0.2, 0.25) is 0 Å². The molecule has 3 fully saturated rings. The van der Waals surface area contributed by atoms with E-state index in [0.717, 1.165) is 43.3 Å². The van der Waals surface area contributed by atoms with Gasteiger partial charge >= 0.3 is 0 Å². The Bertz CT molecular complexity index is 644. The van der Waals surface area contributed by atoms with Gasteiger partial charge in [0, 0.05) is 31.2 Å². The maximum Gasteiger partial charge on any atom is 0.251 e. The summed E-state index contributed by atoms with van der Waals surface area (Å²) in [5, 5.41) is 6.00. The van der Waals surface area contributed by atoms with Crippen molar-refractivity contribution in [3.05, 3.63) is 35.4 Å². The van der Waals surface area contributed by atoms with E-state index in [9.17, 15) is 9.59 Å². The summed E-state index contributed by atoms with van der Waals surface area (Å²) in [5.74, 6) is 1.69. The molecule has 5 heteroatoms. The molecule has 5 nitrogen and oxygen atoms in total. The molecule has 134 valence electrons. The van der Waals surface area contributed by atoms with E-state index in [2.05, 4.69) is 15.5 Å². The monoisotopic (exact) mass is 341 g/mol. The zero-order chi connectivity index (χ0) is 17.2. The van der Waals surface area contributed by atoms with Gasteiger partial charge in [-0.05, 0) is 55.2 Å². The highest BCUT2D eigenvalue weighted by Crippen LogP contribution is 2.37. The summed E-state index contributed by atoms with van der Waals surface area (Å²) >= 11 is 0. The molecule has 2 unspecified atom stereocenters. The van der Waals surface area contributed by atoms with Crippen molar-refractivity contribution in [1.82, 2.24) is 15.5 Å². The largest absolute Gasteiger partial charge is 0.351 e. The molecule has 2 N–H and O–H groups in total. The van der Waals surface area contributed by atoms with Gasteiger partial charge in [-0.3, -0.25) is 14.5 Å². The Kier molecular flexibility index (Phi) is 4.75. The molecule has 1 aliphatic heterocycles. The lowest BCUT2D eigenvalue weighted by molar-refractivity contribution is -0.122. The SMILES string of the molecule is O=C(CN1CC2CCCC2C1)NCc1cccc(C(=O)NC2CC2)c1. The summed E-state index contributed by atoms with van der Waals surface area (Å²) in [6.07, 6.45) is 6.19. The van der Waals surface area contributed by atoms with Crippen LogP contribution in [-0.4, -0.2) is 42.4 Å². The van der Waals surface area contributed by atoms with Gasteiger partial charge in [0.2, 0.25) is 5.91 Å². The number of fused-ring (bicyclic) bond motifs is 1. The van der Waals surface area contributed by atoms with E-state index < -0.39 is 0 Å². The van der Waals surface area contributed by atoms with E-state index in [1.165, 1.54) is 19.3 Å². The molecule has 0 radical (unpaired) electrons. The van der Waals surface area contributed by atoms with Crippen molar-refractivity contribution < 1.29 is 9.59 Å². The number of amides is 2. The predicted molar refractivity (Wildman–Crippen MR) is 96.0 cm³/mol. The Balaban J connectivity index is 1.25. The van der Waals surface area contributed by atoms with Crippen molar-refractivity contribution in [2.24, 2.45) is 11.8 Å². The summed E-state index contributed by atoms with van der Waals surface area (Å²) in [6.45, 7) is 3.13. The number of hydrogen-bond donors (Lipinski definition) is 2. The molecule has 25 heavy (non-hydrogen) atoms. The van der Waals surface area contributed by atoms with Crippen LogP contribution in [0.15, 0.2) is 24.3 Å². The minimum Gasteiger partial charge on any atom is -0.351 e. The van der Waals surface area contributed by atoms with Crippen molar-refractivity contribution in [2.45, 2.75) is 44.7 Å². The zero-order valence-electron chi connectivity index (χ0n) is 14.7. The lowest BCUT2D eigenvalue weighted by Crippen LogP contribution is -2.36. The molecule has 3 aliphatic rings. The molecule has 2 amide bonds. The molecule has 1 aromatic carbocycles. The molecule has 2 aliphatic carbocycles. The predicted octanol–water partition coefficient (Wildman–Crippen LogP) is 1.93. The second kappa shape index (κ2) is 7.16. The van der Waals surface area contributed by atoms with Gasteiger partial charge in [0.25, 0.3) is 5.91 Å². The first-order valence-electron chi connectivity index (χ1n) is 9.56. The van der Waals surface area contributed by atoms with Crippen LogP contribution in [-0.2, 0) is 11.3 Å². The molecular weight excluding hydrogens is 314 g/mol. The number of carbonyl (C=O) groups is 2. The second-order valence-electron chi connectivity index (χ2n) is 7.87. The fraction of sp³-hybridized carbons (Fsp3) is 0.600. The van der Waals surface area contributed by atoms with Crippen LogP contribution in [0.5, 0.6) is 0 Å². The van der Waals surface area contributed by atoms with Crippen LogP contribution in [0.1, 0.15) is 48.0 Å². The van der Waals surface area contributed by atoms with Crippen LogP contribution in [0, 0.1) is 11.8 Å². The van der Waals surface area contributed by atoms with Gasteiger partial charge in [-0.25, -0.2) is 0 Å². The maximum atomic E-state index is 12.2. The first-order valence-corrected chi connectivity index (χ1v) is 9.56. The van der Waals surface area contributed by atoms with Gasteiger partial charge in [-0.15, -0.1) is 0 Å². The van der Waals surface area contributed by atoms with E-state index in [0.29, 0.717) is 24.7 Å². The number of nitrogens with one attached hydrogen (secondary N) is 2. The van der Waals surface area contributed by atoms with Crippen LogP contribution in [0.4, 0.5) is 0 Å². The molecule has 1 saturated heterocycles. The number of hydrogen-bond acceptors (Lipinski definition) is 3. The van der Waals surface area contributed by atoms with Gasteiger partial charge in [-0.2, -0.15) is 0 Å². The Hall–Kier alpha value is -1.88. The highest BCUT2D eigenvalue weighted by molar-refractivity contribution is 5.94. The molecule has 2 atom stereocenters. The minimum atomic E-state index is -0.0146. The fourth-order valence-corrected chi connectivity index (χ4v) is 4.24. The lowest BCUT2D eigenvalue weighted by Gasteiger charge is -2.16. The normalized spacial score (nSPS) is 25.6. The van der Waals surface area contributed by atoms with E-state index in [-0.39, 0.29) is 11.8 Å². The Labute approximate surface area is 149 Å². The number of benzene rings is 1. The van der Waals surface area contributed by atoms with Gasteiger partial charge in [0.15, 0.2) is 0 Å². The van der Waals surface area contributed by atoms with Crippen LogP contribution in [0.3, 0.4) is 0 Å². The third-order valence-electron chi connectivity index (χ3n) is 5.76. The van der Waals surface area contributed by atoms with Crippen molar-refractivity contribution >= 4 is 11.8 Å². The Morgan fingerprint density at radius 1 is 1.08 bits per heavy atom. The third kappa shape index (κ3) is 4.21. The summed E-state index contributed by atoms with van der Waals surface area (Å²) in [7, 11) is 0. The molecule has 2 saturated carbocycles. The average molecular weight is 341 g/mol. The first-order chi connectivity index (χ1) is 12.2. The standard InChI is InChI=1S/C20H27N3O2/c24-19(13-23-11-16-5-2-6-17(16)12-23)21-10-14-3-1-4-15(9-14)20(25)22-18-7-8-18/h1,3-4,9,16-18H,2,5-8,10-13H2,(H,21,24)(H,22,25). The van der Waals surface area contributed by atoms with Gasteiger partial charge in [-0.1, -0.05) is 18.6 Å². The molecule has 1 heterocycles. The smallest absolute Gasteiger partial charge is 0.251 e. The number of nitrogens with zero attached hydrogens (tertiary/aromatic N) is 1. The topological polar surface area (TPSA) is 61.4 Å². The van der Waals surface area contributed by atoms with Crippen LogP contribution in [0.25, 0.3) is 0 Å².